The molecule has 1 aliphatic rings. The second-order valence-corrected chi connectivity index (χ2v) is 5.12. The minimum absolute atomic E-state index is 0.183. The number of carbonyl (C=O) groups excluding carboxylic acids is 1. The van der Waals surface area contributed by atoms with Crippen molar-refractivity contribution in [3.8, 4) is 0 Å². The maximum atomic E-state index is 11.0. The van der Waals surface area contributed by atoms with Crippen LogP contribution in [0.3, 0.4) is 0 Å². The third-order valence-corrected chi connectivity index (χ3v) is 3.42. The van der Waals surface area contributed by atoms with Gasteiger partial charge in [-0.1, -0.05) is 45.4 Å². The van der Waals surface area contributed by atoms with Gasteiger partial charge in [-0.05, 0) is 6.42 Å². The Morgan fingerprint density at radius 2 is 1.61 bits per heavy atom. The van der Waals surface area contributed by atoms with Gasteiger partial charge in [0.1, 0.15) is 0 Å². The van der Waals surface area contributed by atoms with E-state index >= 15 is 0 Å². The van der Waals surface area contributed by atoms with E-state index in [4.69, 9.17) is 15.2 Å². The molecule has 4 heteroatoms. The molecule has 1 aliphatic heterocycles. The van der Waals surface area contributed by atoms with Crippen LogP contribution in [0.4, 0.5) is 0 Å². The Balaban J connectivity index is 2.12. The van der Waals surface area contributed by atoms with Crippen LogP contribution in [0.2, 0.25) is 0 Å². The molecule has 1 saturated heterocycles. The molecule has 2 N–H and O–H groups in total. The first-order valence-corrected chi connectivity index (χ1v) is 7.25. The molecule has 0 aromatic heterocycles. The lowest BCUT2D eigenvalue weighted by Gasteiger charge is -2.25. The van der Waals surface area contributed by atoms with Gasteiger partial charge in [-0.2, -0.15) is 0 Å². The Kier molecular flexibility index (Phi) is 7.28. The number of carbonyl (C=O) groups is 1. The van der Waals surface area contributed by atoms with Gasteiger partial charge >= 0.3 is 0 Å². The summed E-state index contributed by atoms with van der Waals surface area (Å²) in [7, 11) is 0. The van der Waals surface area contributed by atoms with Crippen molar-refractivity contribution in [3.05, 3.63) is 0 Å². The summed E-state index contributed by atoms with van der Waals surface area (Å²) in [5, 5.41) is 0. The summed E-state index contributed by atoms with van der Waals surface area (Å²) < 4.78 is 11.1. The van der Waals surface area contributed by atoms with E-state index in [0.29, 0.717) is 13.2 Å². The fourth-order valence-electron chi connectivity index (χ4n) is 2.45. The van der Waals surface area contributed by atoms with Gasteiger partial charge in [0.2, 0.25) is 5.91 Å². The normalized spacial score (nSPS) is 18.1. The monoisotopic (exact) mass is 257 g/mol. The number of nitrogens with two attached hydrogens (primary N) is 1. The van der Waals surface area contributed by atoms with Crippen LogP contribution in [-0.2, 0) is 14.3 Å². The van der Waals surface area contributed by atoms with Crippen LogP contribution >= 0.6 is 0 Å². The van der Waals surface area contributed by atoms with Gasteiger partial charge in [-0.25, -0.2) is 0 Å². The van der Waals surface area contributed by atoms with Crippen molar-refractivity contribution < 1.29 is 14.3 Å². The van der Waals surface area contributed by atoms with E-state index in [1.54, 1.807) is 0 Å². The summed E-state index contributed by atoms with van der Waals surface area (Å²) in [6.07, 6.45) is 9.69. The molecule has 4 nitrogen and oxygen atoms in total. The van der Waals surface area contributed by atoms with Crippen LogP contribution in [-0.4, -0.2) is 24.9 Å². The second-order valence-electron chi connectivity index (χ2n) is 5.12. The third-order valence-electron chi connectivity index (χ3n) is 3.42. The van der Waals surface area contributed by atoms with E-state index in [9.17, 15) is 4.79 Å². The van der Waals surface area contributed by atoms with Gasteiger partial charge in [0.05, 0.1) is 19.6 Å². The first-order chi connectivity index (χ1) is 8.68. The Bertz CT molecular complexity index is 237. The van der Waals surface area contributed by atoms with Crippen molar-refractivity contribution in [1.29, 1.82) is 0 Å². The molecule has 106 valence electrons. The van der Waals surface area contributed by atoms with Crippen molar-refractivity contribution in [2.24, 2.45) is 5.73 Å². The van der Waals surface area contributed by atoms with Crippen LogP contribution < -0.4 is 5.73 Å². The number of hydrogen-bond donors (Lipinski definition) is 1. The van der Waals surface area contributed by atoms with E-state index in [2.05, 4.69) is 6.92 Å². The molecular formula is C14H27NO3. The Hall–Kier alpha value is -0.610. The number of primary amides is 1. The van der Waals surface area contributed by atoms with Crippen LogP contribution in [0.25, 0.3) is 0 Å². The first kappa shape index (κ1) is 15.4. The predicted octanol–water partition coefficient (Wildman–Crippen LogP) is 2.75. The van der Waals surface area contributed by atoms with Crippen molar-refractivity contribution >= 4 is 5.91 Å². The molecule has 0 aliphatic carbocycles. The fraction of sp³-hybridized carbons (Fsp3) is 0.929. The van der Waals surface area contributed by atoms with Crippen molar-refractivity contribution in [1.82, 2.24) is 0 Å². The van der Waals surface area contributed by atoms with Gasteiger partial charge in [0.25, 0.3) is 0 Å². The molecule has 0 aromatic carbocycles. The number of hydrogen-bond acceptors (Lipinski definition) is 3. The molecule has 0 atom stereocenters. The van der Waals surface area contributed by atoms with Crippen molar-refractivity contribution in [2.45, 2.75) is 70.5 Å². The summed E-state index contributed by atoms with van der Waals surface area (Å²) in [5.41, 5.74) is 5.24. The number of rotatable bonds is 10. The summed E-state index contributed by atoms with van der Waals surface area (Å²) in [6, 6.07) is 0. The van der Waals surface area contributed by atoms with Gasteiger partial charge in [-0.3, -0.25) is 4.79 Å². The van der Waals surface area contributed by atoms with Gasteiger partial charge in [-0.15, -0.1) is 0 Å². The van der Waals surface area contributed by atoms with Gasteiger partial charge in [0, 0.05) is 6.42 Å². The Labute approximate surface area is 110 Å². The van der Waals surface area contributed by atoms with Crippen molar-refractivity contribution in [3.63, 3.8) is 0 Å². The maximum absolute atomic E-state index is 11.0. The number of amides is 1. The highest BCUT2D eigenvalue weighted by molar-refractivity contribution is 5.74. The molecule has 1 rings (SSSR count). The molecule has 1 heterocycles. The smallest absolute Gasteiger partial charge is 0.222 e. The maximum Gasteiger partial charge on any atom is 0.222 e. The van der Waals surface area contributed by atoms with Crippen molar-refractivity contribution in [2.75, 3.05) is 13.2 Å². The van der Waals surface area contributed by atoms with E-state index in [1.807, 2.05) is 0 Å². The molecule has 0 aromatic rings. The standard InChI is InChI=1S/C14H27NO3/c1-2-3-4-5-6-7-8-9-14(12-13(15)16)17-10-11-18-14/h2-12H2,1H3,(H2,15,16). The lowest BCUT2D eigenvalue weighted by Crippen LogP contribution is -2.35. The molecule has 0 spiro atoms. The highest BCUT2D eigenvalue weighted by Gasteiger charge is 2.37. The highest BCUT2D eigenvalue weighted by Crippen LogP contribution is 2.29. The average molecular weight is 257 g/mol. The Morgan fingerprint density at radius 3 is 2.17 bits per heavy atom. The summed E-state index contributed by atoms with van der Waals surface area (Å²) in [6.45, 7) is 3.37. The van der Waals surface area contributed by atoms with Crippen LogP contribution in [0, 0.1) is 0 Å². The lowest BCUT2D eigenvalue weighted by molar-refractivity contribution is -0.172. The largest absolute Gasteiger partial charge is 0.370 e. The third kappa shape index (κ3) is 5.83. The second kappa shape index (κ2) is 8.48. The molecule has 0 radical (unpaired) electrons. The van der Waals surface area contributed by atoms with E-state index in [-0.39, 0.29) is 12.3 Å². The predicted molar refractivity (Wildman–Crippen MR) is 71.1 cm³/mol. The fourth-order valence-corrected chi connectivity index (χ4v) is 2.45. The summed E-state index contributed by atoms with van der Waals surface area (Å²) in [5.74, 6) is -1.06. The zero-order valence-electron chi connectivity index (χ0n) is 11.6. The molecule has 1 amide bonds. The Morgan fingerprint density at radius 1 is 1.06 bits per heavy atom. The SMILES string of the molecule is CCCCCCCCCC1(CC(N)=O)OCCO1. The summed E-state index contributed by atoms with van der Waals surface area (Å²) in [4.78, 5) is 11.0. The van der Waals surface area contributed by atoms with E-state index < -0.39 is 5.79 Å². The number of unbranched alkanes of at least 4 members (excludes halogenated alkanes) is 6. The molecule has 0 unspecified atom stereocenters. The molecule has 0 bridgehead atoms. The zero-order chi connectivity index (χ0) is 13.3. The molecule has 1 fully saturated rings. The zero-order valence-corrected chi connectivity index (χ0v) is 11.6. The highest BCUT2D eigenvalue weighted by atomic mass is 16.7. The van der Waals surface area contributed by atoms with Gasteiger partial charge in [0.15, 0.2) is 5.79 Å². The average Bonchev–Trinajstić information content (AvgIpc) is 2.76. The summed E-state index contributed by atoms with van der Waals surface area (Å²) >= 11 is 0. The van der Waals surface area contributed by atoms with Crippen LogP contribution in [0.15, 0.2) is 0 Å². The molecule has 18 heavy (non-hydrogen) atoms. The van der Waals surface area contributed by atoms with Crippen LogP contribution in [0.1, 0.15) is 64.7 Å². The topological polar surface area (TPSA) is 61.6 Å². The van der Waals surface area contributed by atoms with E-state index in [1.165, 1.54) is 38.5 Å². The number of ether oxygens (including phenoxy) is 2. The van der Waals surface area contributed by atoms with E-state index in [0.717, 1.165) is 12.8 Å². The van der Waals surface area contributed by atoms with Gasteiger partial charge < -0.3 is 15.2 Å². The van der Waals surface area contributed by atoms with Crippen LogP contribution in [0.5, 0.6) is 0 Å². The quantitative estimate of drug-likeness (QED) is 0.612. The minimum Gasteiger partial charge on any atom is -0.370 e. The minimum atomic E-state index is -0.713. The molecular weight excluding hydrogens is 230 g/mol. The first-order valence-electron chi connectivity index (χ1n) is 7.25. The molecule has 0 saturated carbocycles. The lowest BCUT2D eigenvalue weighted by atomic mass is 10.0.